The molecule has 0 unspecified atom stereocenters. The lowest BCUT2D eigenvalue weighted by Gasteiger charge is -2.48. The Bertz CT molecular complexity index is 8520. The summed E-state index contributed by atoms with van der Waals surface area (Å²) in [5.74, 6) is -0.174. The van der Waals surface area contributed by atoms with Crippen LogP contribution in [0.1, 0.15) is 44.9 Å². The van der Waals surface area contributed by atoms with Gasteiger partial charge in [-0.3, -0.25) is 0 Å². The zero-order valence-electron chi connectivity index (χ0n) is 77.7. The summed E-state index contributed by atoms with van der Waals surface area (Å²) in [4.78, 5) is 15.6. The van der Waals surface area contributed by atoms with Gasteiger partial charge in [-0.2, -0.15) is 0 Å². The van der Waals surface area contributed by atoms with Crippen molar-refractivity contribution in [3.8, 4) is 77.9 Å². The second-order valence-corrected chi connectivity index (χ2v) is 38.9. The van der Waals surface area contributed by atoms with E-state index in [0.717, 1.165) is 152 Å². The zero-order chi connectivity index (χ0) is 93.5. The highest BCUT2D eigenvalue weighted by Crippen LogP contribution is 2.66. The Labute approximate surface area is 833 Å². The first-order valence-electron chi connectivity index (χ1n) is 49.3. The quantitative estimate of drug-likeness (QED) is 0.0703. The summed E-state index contributed by atoms with van der Waals surface area (Å²) in [6.45, 7) is -0.653. The van der Waals surface area contributed by atoms with E-state index < -0.39 is 5.41 Å². The van der Waals surface area contributed by atoms with Crippen LogP contribution in [0, 0.1) is 0 Å². The van der Waals surface area contributed by atoms with Crippen LogP contribution < -0.4 is 57.3 Å². The van der Waals surface area contributed by atoms with Crippen LogP contribution in [0.15, 0.2) is 544 Å². The molecule has 22 aromatic rings. The molecule has 5 aliphatic heterocycles. The van der Waals surface area contributed by atoms with Crippen molar-refractivity contribution in [3.63, 3.8) is 0 Å². The van der Waals surface area contributed by atoms with E-state index in [4.69, 9.17) is 0 Å². The van der Waals surface area contributed by atoms with Crippen molar-refractivity contribution in [1.82, 2.24) is 0 Å². The molecule has 0 N–H and O–H groups in total. The molecular formula is C134H89B2N5S. The number of fused-ring (bicyclic) bond motifs is 17. The van der Waals surface area contributed by atoms with Crippen LogP contribution in [-0.2, 0) is 5.41 Å². The van der Waals surface area contributed by atoms with E-state index in [1.54, 1.807) is 0 Å². The van der Waals surface area contributed by atoms with Gasteiger partial charge in [0.2, 0.25) is 0 Å². The highest BCUT2D eigenvalue weighted by Gasteiger charge is 2.56. The lowest BCUT2D eigenvalue weighted by Crippen LogP contribution is -2.62. The maximum absolute atomic E-state index is 2.76. The number of benzene rings is 22. The lowest BCUT2D eigenvalue weighted by molar-refractivity contribution is 0.724. The van der Waals surface area contributed by atoms with Crippen LogP contribution in [0.5, 0.6) is 0 Å². The van der Waals surface area contributed by atoms with Crippen LogP contribution in [0.4, 0.5) is 85.3 Å². The minimum absolute atomic E-state index is 0.174. The first kappa shape index (κ1) is 82.6. The molecule has 5 nitrogen and oxygen atoms in total. The van der Waals surface area contributed by atoms with E-state index >= 15 is 0 Å². The van der Waals surface area contributed by atoms with Crippen LogP contribution in [0.25, 0.3) is 77.9 Å². The van der Waals surface area contributed by atoms with Crippen molar-refractivity contribution < 1.29 is 0 Å². The largest absolute Gasteiger partial charge is 0.311 e. The molecule has 6 aliphatic rings. The molecule has 5 heterocycles. The minimum Gasteiger partial charge on any atom is -0.311 e. The van der Waals surface area contributed by atoms with E-state index in [1.165, 1.54) is 92.6 Å². The second kappa shape index (κ2) is 33.9. The van der Waals surface area contributed by atoms with E-state index in [2.05, 4.69) is 558 Å². The van der Waals surface area contributed by atoms with Gasteiger partial charge >= 0.3 is 0 Å². The first-order valence-corrected chi connectivity index (χ1v) is 50.1. The number of hydrogen-bond donors (Lipinski definition) is 0. The molecule has 0 radical (unpaired) electrons. The van der Waals surface area contributed by atoms with Crippen molar-refractivity contribution in [2.24, 2.45) is 0 Å². The Balaban J connectivity index is 0.784. The predicted octanol–water partition coefficient (Wildman–Crippen LogP) is 31.3. The molecule has 0 amide bonds. The third-order valence-electron chi connectivity index (χ3n) is 30.3. The zero-order valence-corrected chi connectivity index (χ0v) is 78.5. The van der Waals surface area contributed by atoms with E-state index in [-0.39, 0.29) is 19.3 Å². The molecule has 28 rings (SSSR count). The van der Waals surface area contributed by atoms with Crippen LogP contribution in [-0.4, -0.2) is 13.4 Å². The van der Waals surface area contributed by atoms with Gasteiger partial charge in [-0.15, -0.1) is 0 Å². The molecule has 0 saturated heterocycles. The van der Waals surface area contributed by atoms with E-state index in [0.29, 0.717) is 0 Å². The molecule has 0 saturated carbocycles. The average molecular weight is 1820 g/mol. The normalized spacial score (nSPS) is 13.2. The molecule has 0 aromatic heterocycles. The number of anilines is 15. The lowest BCUT2D eigenvalue weighted by atomic mass is 9.33. The summed E-state index contributed by atoms with van der Waals surface area (Å²) in [7, 11) is 0. The fourth-order valence-electron chi connectivity index (χ4n) is 24.6. The first-order chi connectivity index (χ1) is 70.5. The monoisotopic (exact) mass is 1820 g/mol. The van der Waals surface area contributed by atoms with Crippen molar-refractivity contribution in [1.29, 1.82) is 0 Å². The maximum Gasteiger partial charge on any atom is 0.252 e. The Morgan fingerprint density at radius 3 is 0.979 bits per heavy atom. The fraction of sp³-hybridized carbons (Fsp3) is 0.0149. The summed E-state index contributed by atoms with van der Waals surface area (Å²) in [5.41, 5.74) is 47.2. The summed E-state index contributed by atoms with van der Waals surface area (Å²) in [6.07, 6.45) is 0. The smallest absolute Gasteiger partial charge is 0.252 e. The van der Waals surface area contributed by atoms with Gasteiger partial charge in [-0.25, -0.2) is 0 Å². The summed E-state index contributed by atoms with van der Waals surface area (Å²) in [6, 6.07) is 202. The molecule has 662 valence electrons. The van der Waals surface area contributed by atoms with Crippen molar-refractivity contribution >= 4 is 143 Å². The molecular weight excluding hydrogens is 1730 g/mol. The second-order valence-electron chi connectivity index (χ2n) is 37.8. The highest BCUT2D eigenvalue weighted by molar-refractivity contribution is 7.99. The molecule has 142 heavy (non-hydrogen) atoms. The number of para-hydroxylation sites is 8. The summed E-state index contributed by atoms with van der Waals surface area (Å²) < 4.78 is 0. The van der Waals surface area contributed by atoms with Gasteiger partial charge < -0.3 is 24.5 Å². The van der Waals surface area contributed by atoms with Gasteiger partial charge in [0.25, 0.3) is 13.4 Å². The molecule has 0 atom stereocenters. The SMILES string of the molecule is c1ccc(-c2ccccc2N(c2ccccc2)c2cc3c4c(c2)N(c2c(-c5ccccc5)cccc2-c2ccccc2)c2cc5c(cc2B4c2ccccc2N3c2ccccc2-c2ccccc2)C2(c3cc4c(cc3S5)N(c3c(-c5ccccc5)cccc3-c3ccccc3)c3cc(C(c5ccccc5)c5ccccc5)cc5c3B4c3ccccc3N5c3ccccc3)c3ccccc3-c3ccccc32)cc1. The van der Waals surface area contributed by atoms with Gasteiger partial charge in [0.05, 0.1) is 33.9 Å². The highest BCUT2D eigenvalue weighted by atomic mass is 32.2. The molecule has 0 bridgehead atoms. The Morgan fingerprint density at radius 1 is 0.204 bits per heavy atom. The van der Waals surface area contributed by atoms with Crippen molar-refractivity contribution in [3.05, 3.63) is 573 Å². The van der Waals surface area contributed by atoms with Gasteiger partial charge in [0.15, 0.2) is 0 Å². The molecule has 1 spiro atoms. The Morgan fingerprint density at radius 2 is 0.528 bits per heavy atom. The van der Waals surface area contributed by atoms with Crippen molar-refractivity contribution in [2.45, 2.75) is 21.1 Å². The third kappa shape index (κ3) is 13.0. The standard InChI is InChI=1S/C134H89B2N5S/c1-11-45-89(46-12-1)101-65-33-39-77-117(101)137(98-61-27-9-28-62-98)100-83-125-131-126(84-100)141(133-105(93-53-19-5-20-54-93)71-44-72-106(133)94-55-21-6-22-56-94)122-88-128-112(86-116(122)136(131)114-76-38-42-80-120(114)139(125)118-78-40-34-66-102(118)90-47-13-2-14-48-90)134(109-73-35-31-67-107(109)108-68-32-36-74-110(108)134)111-85-115-121(87-127(111)142-128)140(132-103(91-49-15-3-16-50-91)69-43-70-104(132)92-51-17-4-18-52-92)124-82-97(129(95-57-23-7-24-58-95)96-59-25-8-26-60-96)81-123-130(124)135(115)113-75-37-41-79-119(113)138(123)99-63-29-10-30-64-99/h1-88,129H. The summed E-state index contributed by atoms with van der Waals surface area (Å²) >= 11 is 1.94. The number of hydrogen-bond acceptors (Lipinski definition) is 6. The Hall–Kier alpha value is -17.7. The predicted molar refractivity (Wildman–Crippen MR) is 597 cm³/mol. The average Bonchev–Trinajstić information content (AvgIpc) is 1.47. The number of nitrogens with zero attached hydrogens (tertiary/aromatic N) is 5. The van der Waals surface area contributed by atoms with Gasteiger partial charge in [0, 0.05) is 106 Å². The molecule has 0 fully saturated rings. The van der Waals surface area contributed by atoms with Crippen LogP contribution in [0.3, 0.4) is 0 Å². The third-order valence-corrected chi connectivity index (χ3v) is 31.5. The number of rotatable bonds is 16. The topological polar surface area (TPSA) is 16.2 Å². The Kier molecular flexibility index (Phi) is 19.7. The van der Waals surface area contributed by atoms with Gasteiger partial charge in [0.1, 0.15) is 0 Å². The summed E-state index contributed by atoms with van der Waals surface area (Å²) in [5, 5.41) is 0. The van der Waals surface area contributed by atoms with Crippen LogP contribution >= 0.6 is 11.8 Å². The molecule has 22 aromatic carbocycles. The van der Waals surface area contributed by atoms with E-state index in [9.17, 15) is 0 Å². The fourth-order valence-corrected chi connectivity index (χ4v) is 25.8. The van der Waals surface area contributed by atoms with Gasteiger partial charge in [-0.05, 0) is 201 Å². The van der Waals surface area contributed by atoms with E-state index in [1.807, 2.05) is 11.8 Å². The van der Waals surface area contributed by atoms with Gasteiger partial charge in [-0.1, -0.05) is 461 Å². The molecule has 1 aliphatic carbocycles. The minimum atomic E-state index is -0.947. The van der Waals surface area contributed by atoms with Crippen LogP contribution in [0.2, 0.25) is 0 Å². The molecule has 8 heteroatoms. The van der Waals surface area contributed by atoms with Crippen molar-refractivity contribution in [2.75, 3.05) is 24.5 Å². The maximum atomic E-state index is 2.76.